The third-order valence-electron chi connectivity index (χ3n) is 6.64. The van der Waals surface area contributed by atoms with Gasteiger partial charge in [0, 0.05) is 5.92 Å². The topological polar surface area (TPSA) is 57.6 Å². The number of benzene rings is 3. The minimum atomic E-state index is -1.60. The maximum atomic E-state index is 13.8. The number of hydrogen-bond donors (Lipinski definition) is 1. The summed E-state index contributed by atoms with van der Waals surface area (Å²) in [6, 6.07) is 20.4. The van der Waals surface area contributed by atoms with Crippen LogP contribution in [-0.4, -0.2) is 16.9 Å². The second-order valence-electron chi connectivity index (χ2n) is 7.91. The molecule has 0 spiro atoms. The Morgan fingerprint density at radius 3 is 2.07 bits per heavy atom. The van der Waals surface area contributed by atoms with Crippen molar-refractivity contribution >= 4 is 17.5 Å². The fourth-order valence-corrected chi connectivity index (χ4v) is 5.60. The van der Waals surface area contributed by atoms with Crippen LogP contribution in [0.25, 0.3) is 0 Å². The summed E-state index contributed by atoms with van der Waals surface area (Å²) in [6.07, 6.45) is 0. The van der Waals surface area contributed by atoms with Crippen LogP contribution in [0.4, 0.5) is 10.1 Å². The average molecular weight is 385 g/mol. The van der Waals surface area contributed by atoms with Crippen LogP contribution in [0.3, 0.4) is 0 Å². The zero-order valence-corrected chi connectivity index (χ0v) is 15.2. The summed E-state index contributed by atoms with van der Waals surface area (Å²) in [5.41, 5.74) is 1.70. The van der Waals surface area contributed by atoms with Gasteiger partial charge < -0.3 is 5.11 Å². The molecule has 2 atom stereocenters. The SMILES string of the molecule is O=C1C2C3c4ccccc4C(O)(c4ccccc43)C2C(=O)N1c1cccc(F)c1. The number of nitrogens with zero attached hydrogens (tertiary/aromatic N) is 1. The van der Waals surface area contributed by atoms with Crippen LogP contribution < -0.4 is 4.90 Å². The van der Waals surface area contributed by atoms with Gasteiger partial charge in [0.25, 0.3) is 0 Å². The van der Waals surface area contributed by atoms with Crippen LogP contribution in [0.5, 0.6) is 0 Å². The first kappa shape index (κ1) is 16.6. The minimum absolute atomic E-state index is 0.200. The Balaban J connectivity index is 1.63. The zero-order chi connectivity index (χ0) is 19.9. The third-order valence-corrected chi connectivity index (χ3v) is 6.64. The molecule has 3 aliphatic carbocycles. The molecular formula is C24H16FNO3. The van der Waals surface area contributed by atoms with Gasteiger partial charge in [-0.05, 0) is 40.5 Å². The molecule has 4 aliphatic rings. The molecule has 3 aromatic rings. The van der Waals surface area contributed by atoms with Crippen LogP contribution >= 0.6 is 0 Å². The van der Waals surface area contributed by atoms with Crippen LogP contribution in [-0.2, 0) is 15.2 Å². The van der Waals surface area contributed by atoms with Crippen LogP contribution in [0.2, 0.25) is 0 Å². The summed E-state index contributed by atoms with van der Waals surface area (Å²) in [7, 11) is 0. The summed E-state index contributed by atoms with van der Waals surface area (Å²) >= 11 is 0. The molecule has 0 aromatic heterocycles. The van der Waals surface area contributed by atoms with Crippen molar-refractivity contribution < 1.29 is 19.1 Å². The highest BCUT2D eigenvalue weighted by Gasteiger charge is 2.68. The van der Waals surface area contributed by atoms with Gasteiger partial charge in [-0.1, -0.05) is 54.6 Å². The van der Waals surface area contributed by atoms with Crippen molar-refractivity contribution in [2.24, 2.45) is 11.8 Å². The minimum Gasteiger partial charge on any atom is -0.379 e. The molecule has 2 unspecified atom stereocenters. The molecule has 4 nitrogen and oxygen atoms in total. The lowest BCUT2D eigenvalue weighted by molar-refractivity contribution is -0.133. The summed E-state index contributed by atoms with van der Waals surface area (Å²) in [5.74, 6) is -3.38. The van der Waals surface area contributed by atoms with E-state index in [1.165, 1.54) is 18.2 Å². The first-order valence-electron chi connectivity index (χ1n) is 9.58. The number of carbonyl (C=O) groups excluding carboxylic acids is 2. The first-order chi connectivity index (χ1) is 14.0. The van der Waals surface area contributed by atoms with Crippen molar-refractivity contribution in [1.82, 2.24) is 0 Å². The zero-order valence-electron chi connectivity index (χ0n) is 15.2. The summed E-state index contributed by atoms with van der Waals surface area (Å²) in [4.78, 5) is 28.0. The van der Waals surface area contributed by atoms with E-state index in [0.717, 1.165) is 16.0 Å². The van der Waals surface area contributed by atoms with Crippen molar-refractivity contribution in [2.45, 2.75) is 11.5 Å². The molecule has 1 aliphatic heterocycles. The second kappa shape index (κ2) is 5.39. The van der Waals surface area contributed by atoms with Crippen LogP contribution in [0.1, 0.15) is 28.2 Å². The Hall–Kier alpha value is -3.31. The number of halogens is 1. The number of amides is 2. The molecule has 29 heavy (non-hydrogen) atoms. The molecule has 0 saturated carbocycles. The van der Waals surface area contributed by atoms with Gasteiger partial charge in [0.2, 0.25) is 11.8 Å². The van der Waals surface area contributed by atoms with Crippen molar-refractivity contribution in [3.8, 4) is 0 Å². The molecule has 7 rings (SSSR count). The van der Waals surface area contributed by atoms with Crippen molar-refractivity contribution in [1.29, 1.82) is 0 Å². The standard InChI is InChI=1S/C24H16FNO3/c25-13-6-5-7-14(12-13)26-22(27)20-19-15-8-1-3-10-17(15)24(29,21(20)23(26)28)18-11-4-2-9-16(18)19/h1-12,19-21,29H. The molecule has 2 bridgehead atoms. The average Bonchev–Trinajstić information content (AvgIpc) is 3.00. The van der Waals surface area contributed by atoms with Gasteiger partial charge in [0.1, 0.15) is 11.4 Å². The summed E-state index contributed by atoms with van der Waals surface area (Å²) in [6.45, 7) is 0. The second-order valence-corrected chi connectivity index (χ2v) is 7.91. The van der Waals surface area contributed by atoms with Gasteiger partial charge in [0.15, 0.2) is 0 Å². The van der Waals surface area contributed by atoms with E-state index in [9.17, 15) is 19.1 Å². The Morgan fingerprint density at radius 2 is 1.45 bits per heavy atom. The molecule has 2 amide bonds. The molecule has 1 saturated heterocycles. The molecule has 1 N–H and O–H groups in total. The smallest absolute Gasteiger partial charge is 0.241 e. The number of rotatable bonds is 1. The number of hydrogen-bond acceptors (Lipinski definition) is 3. The van der Waals surface area contributed by atoms with E-state index in [1.807, 2.05) is 48.5 Å². The normalized spacial score (nSPS) is 28.9. The lowest BCUT2D eigenvalue weighted by atomic mass is 9.52. The van der Waals surface area contributed by atoms with E-state index in [0.29, 0.717) is 11.1 Å². The Labute approximate surface area is 166 Å². The predicted octanol–water partition coefficient (Wildman–Crippen LogP) is 3.33. The molecule has 1 heterocycles. The van der Waals surface area contributed by atoms with Gasteiger partial charge in [-0.15, -0.1) is 0 Å². The number of imide groups is 1. The van der Waals surface area contributed by atoms with Gasteiger partial charge in [0.05, 0.1) is 17.5 Å². The fraction of sp³-hybridized carbons (Fsp3) is 0.167. The Kier molecular flexibility index (Phi) is 3.09. The van der Waals surface area contributed by atoms with Gasteiger partial charge >= 0.3 is 0 Å². The molecule has 1 fully saturated rings. The van der Waals surface area contributed by atoms with Gasteiger partial charge in [-0.3, -0.25) is 9.59 Å². The largest absolute Gasteiger partial charge is 0.379 e. The lowest BCUT2D eigenvalue weighted by Gasteiger charge is -2.51. The molecule has 0 radical (unpaired) electrons. The highest BCUT2D eigenvalue weighted by Crippen LogP contribution is 2.63. The Morgan fingerprint density at radius 1 is 0.828 bits per heavy atom. The van der Waals surface area contributed by atoms with E-state index in [2.05, 4.69) is 0 Å². The van der Waals surface area contributed by atoms with E-state index >= 15 is 0 Å². The van der Waals surface area contributed by atoms with Crippen molar-refractivity contribution in [3.05, 3.63) is 101 Å². The third kappa shape index (κ3) is 1.86. The predicted molar refractivity (Wildman–Crippen MR) is 104 cm³/mol. The van der Waals surface area contributed by atoms with Crippen molar-refractivity contribution in [2.75, 3.05) is 4.90 Å². The van der Waals surface area contributed by atoms with Crippen molar-refractivity contribution in [3.63, 3.8) is 0 Å². The van der Waals surface area contributed by atoms with E-state index < -0.39 is 35.1 Å². The van der Waals surface area contributed by atoms with Crippen LogP contribution in [0.15, 0.2) is 72.8 Å². The lowest BCUT2D eigenvalue weighted by Crippen LogP contribution is -2.53. The Bertz CT molecular complexity index is 1170. The highest BCUT2D eigenvalue weighted by atomic mass is 19.1. The quantitative estimate of drug-likeness (QED) is 0.654. The number of aliphatic hydroxyl groups is 1. The molecule has 3 aromatic carbocycles. The summed E-state index contributed by atoms with van der Waals surface area (Å²) in [5, 5.41) is 12.0. The molecule has 142 valence electrons. The maximum Gasteiger partial charge on any atom is 0.241 e. The molecular weight excluding hydrogens is 369 g/mol. The van der Waals surface area contributed by atoms with E-state index in [1.54, 1.807) is 6.07 Å². The highest BCUT2D eigenvalue weighted by molar-refractivity contribution is 6.23. The number of anilines is 1. The first-order valence-corrected chi connectivity index (χ1v) is 9.58. The van der Waals surface area contributed by atoms with E-state index in [4.69, 9.17) is 0 Å². The van der Waals surface area contributed by atoms with E-state index in [-0.39, 0.29) is 11.6 Å². The van der Waals surface area contributed by atoms with Gasteiger partial charge in [-0.2, -0.15) is 0 Å². The van der Waals surface area contributed by atoms with Gasteiger partial charge in [-0.25, -0.2) is 9.29 Å². The maximum absolute atomic E-state index is 13.8. The fourth-order valence-electron chi connectivity index (χ4n) is 5.60. The summed E-state index contributed by atoms with van der Waals surface area (Å²) < 4.78 is 13.8. The van der Waals surface area contributed by atoms with Crippen LogP contribution in [0, 0.1) is 17.7 Å². The number of carbonyl (C=O) groups is 2. The monoisotopic (exact) mass is 385 g/mol. The molecule has 5 heteroatoms.